The first-order valence-corrected chi connectivity index (χ1v) is 8.56. The number of hydrogen-bond donors (Lipinski definition) is 1. The highest BCUT2D eigenvalue weighted by Crippen LogP contribution is 2.18. The van der Waals surface area contributed by atoms with Gasteiger partial charge in [-0.2, -0.15) is 0 Å². The molecule has 24 heavy (non-hydrogen) atoms. The van der Waals surface area contributed by atoms with E-state index in [2.05, 4.69) is 12.2 Å². The number of para-hydroxylation sites is 1. The van der Waals surface area contributed by atoms with E-state index in [-0.39, 0.29) is 12.5 Å². The molecule has 0 aliphatic heterocycles. The van der Waals surface area contributed by atoms with E-state index < -0.39 is 0 Å². The summed E-state index contributed by atoms with van der Waals surface area (Å²) >= 11 is 0. The zero-order chi connectivity index (χ0) is 17.2. The van der Waals surface area contributed by atoms with Crippen LogP contribution in [0.3, 0.4) is 0 Å². The molecular weight excluding hydrogens is 300 g/mol. The molecule has 2 aromatic rings. The van der Waals surface area contributed by atoms with Crippen LogP contribution in [0.5, 0.6) is 5.75 Å². The van der Waals surface area contributed by atoms with Crippen LogP contribution in [0.1, 0.15) is 26.7 Å². The van der Waals surface area contributed by atoms with Gasteiger partial charge in [0.05, 0.1) is 13.2 Å². The van der Waals surface area contributed by atoms with E-state index in [1.165, 1.54) is 0 Å². The minimum atomic E-state index is 0.0426. The fraction of sp³-hybridized carbons (Fsp3) is 0.350. The number of anilines is 2. The molecule has 4 nitrogen and oxygen atoms in total. The normalized spacial score (nSPS) is 10.2. The number of amides is 1. The molecule has 2 aromatic carbocycles. The molecule has 0 radical (unpaired) electrons. The van der Waals surface area contributed by atoms with Gasteiger partial charge in [0.15, 0.2) is 0 Å². The van der Waals surface area contributed by atoms with E-state index in [1.54, 1.807) is 4.90 Å². The van der Waals surface area contributed by atoms with Crippen LogP contribution in [0.2, 0.25) is 0 Å². The molecule has 0 aromatic heterocycles. The summed E-state index contributed by atoms with van der Waals surface area (Å²) < 4.78 is 5.70. The third-order valence-corrected chi connectivity index (χ3v) is 3.73. The summed E-state index contributed by atoms with van der Waals surface area (Å²) in [5.74, 6) is 0.873. The Kier molecular flexibility index (Phi) is 7.15. The molecule has 0 unspecified atom stereocenters. The van der Waals surface area contributed by atoms with E-state index in [0.29, 0.717) is 6.54 Å². The lowest BCUT2D eigenvalue weighted by Crippen LogP contribution is -2.35. The van der Waals surface area contributed by atoms with Gasteiger partial charge >= 0.3 is 0 Å². The highest BCUT2D eigenvalue weighted by atomic mass is 16.5. The summed E-state index contributed by atoms with van der Waals surface area (Å²) in [4.78, 5) is 14.2. The van der Waals surface area contributed by atoms with Gasteiger partial charge in [0.2, 0.25) is 5.91 Å². The zero-order valence-electron chi connectivity index (χ0n) is 14.5. The van der Waals surface area contributed by atoms with Crippen LogP contribution in [0.4, 0.5) is 11.4 Å². The van der Waals surface area contributed by atoms with Crippen LogP contribution in [0, 0.1) is 0 Å². The van der Waals surface area contributed by atoms with Crippen molar-refractivity contribution in [1.29, 1.82) is 0 Å². The molecule has 0 saturated carbocycles. The van der Waals surface area contributed by atoms with Gasteiger partial charge in [-0.1, -0.05) is 37.6 Å². The number of hydrogen-bond acceptors (Lipinski definition) is 3. The minimum Gasteiger partial charge on any atom is -0.494 e. The number of carbonyl (C=O) groups excluding carboxylic acids is 1. The van der Waals surface area contributed by atoms with Crippen molar-refractivity contribution in [3.63, 3.8) is 0 Å². The van der Waals surface area contributed by atoms with Gasteiger partial charge in [-0.05, 0) is 37.6 Å². The Labute approximate surface area is 144 Å². The van der Waals surface area contributed by atoms with Crippen molar-refractivity contribution in [2.24, 2.45) is 0 Å². The quantitative estimate of drug-likeness (QED) is 0.697. The minimum absolute atomic E-state index is 0.0426. The molecule has 0 bridgehead atoms. The van der Waals surface area contributed by atoms with Crippen LogP contribution >= 0.6 is 0 Å². The van der Waals surface area contributed by atoms with Crippen molar-refractivity contribution >= 4 is 17.3 Å². The number of benzene rings is 2. The number of likely N-dealkylation sites (N-methyl/N-ethyl adjacent to an activating group) is 1. The summed E-state index contributed by atoms with van der Waals surface area (Å²) in [5.41, 5.74) is 1.81. The molecule has 0 heterocycles. The summed E-state index contributed by atoms with van der Waals surface area (Å²) in [6.07, 6.45) is 2.15. The Morgan fingerprint density at radius 3 is 2.58 bits per heavy atom. The Morgan fingerprint density at radius 2 is 1.88 bits per heavy atom. The third kappa shape index (κ3) is 5.30. The predicted molar refractivity (Wildman–Crippen MR) is 99.8 cm³/mol. The van der Waals surface area contributed by atoms with Gasteiger partial charge in [-0.15, -0.1) is 0 Å². The van der Waals surface area contributed by atoms with Crippen LogP contribution < -0.4 is 15.0 Å². The van der Waals surface area contributed by atoms with Crippen molar-refractivity contribution < 1.29 is 9.53 Å². The fourth-order valence-electron chi connectivity index (χ4n) is 2.41. The standard InChI is InChI=1S/C20H26N2O2/c1-3-5-14-24-19-13-9-10-17(15-19)21-16-20(23)22(4-2)18-11-7-6-8-12-18/h6-13,15,21H,3-5,14,16H2,1-2H3. The summed E-state index contributed by atoms with van der Waals surface area (Å²) in [6, 6.07) is 17.5. The van der Waals surface area contributed by atoms with Gasteiger partial charge < -0.3 is 15.0 Å². The molecule has 0 atom stereocenters. The molecular formula is C20H26N2O2. The summed E-state index contributed by atoms with van der Waals surface area (Å²) in [6.45, 7) is 5.73. The number of unbranched alkanes of at least 4 members (excludes halogenated alkanes) is 1. The summed E-state index contributed by atoms with van der Waals surface area (Å²) in [7, 11) is 0. The average molecular weight is 326 g/mol. The second-order valence-corrected chi connectivity index (χ2v) is 5.56. The maximum absolute atomic E-state index is 12.5. The highest BCUT2D eigenvalue weighted by molar-refractivity contribution is 5.96. The number of ether oxygens (including phenoxy) is 1. The molecule has 0 aliphatic carbocycles. The first-order chi connectivity index (χ1) is 11.7. The molecule has 0 spiro atoms. The van der Waals surface area contributed by atoms with Gasteiger partial charge in [0.1, 0.15) is 5.75 Å². The van der Waals surface area contributed by atoms with Gasteiger partial charge in [0, 0.05) is 24.0 Å². The molecule has 0 fully saturated rings. The summed E-state index contributed by atoms with van der Waals surface area (Å²) in [5, 5.41) is 3.19. The lowest BCUT2D eigenvalue weighted by molar-refractivity contribution is -0.116. The maximum Gasteiger partial charge on any atom is 0.246 e. The SMILES string of the molecule is CCCCOc1cccc(NCC(=O)N(CC)c2ccccc2)c1. The van der Waals surface area contributed by atoms with Crippen LogP contribution in [-0.4, -0.2) is 25.6 Å². The van der Waals surface area contributed by atoms with Crippen LogP contribution in [0.15, 0.2) is 54.6 Å². The Balaban J connectivity index is 1.92. The number of rotatable bonds is 9. The number of nitrogens with one attached hydrogen (secondary N) is 1. The van der Waals surface area contributed by atoms with Crippen LogP contribution in [0.25, 0.3) is 0 Å². The molecule has 0 aliphatic rings. The van der Waals surface area contributed by atoms with Gasteiger partial charge in [-0.25, -0.2) is 0 Å². The lowest BCUT2D eigenvalue weighted by Gasteiger charge is -2.21. The third-order valence-electron chi connectivity index (χ3n) is 3.73. The van der Waals surface area contributed by atoms with Gasteiger partial charge in [-0.3, -0.25) is 4.79 Å². The molecule has 1 amide bonds. The highest BCUT2D eigenvalue weighted by Gasteiger charge is 2.13. The van der Waals surface area contributed by atoms with Crippen molar-refractivity contribution in [2.45, 2.75) is 26.7 Å². The van der Waals surface area contributed by atoms with Crippen molar-refractivity contribution in [3.8, 4) is 5.75 Å². The van der Waals surface area contributed by atoms with E-state index in [9.17, 15) is 4.79 Å². The van der Waals surface area contributed by atoms with Crippen molar-refractivity contribution in [1.82, 2.24) is 0 Å². The zero-order valence-corrected chi connectivity index (χ0v) is 14.5. The largest absolute Gasteiger partial charge is 0.494 e. The first kappa shape index (κ1) is 17.9. The fourth-order valence-corrected chi connectivity index (χ4v) is 2.41. The van der Waals surface area contributed by atoms with E-state index in [0.717, 1.165) is 36.6 Å². The molecule has 2 rings (SSSR count). The van der Waals surface area contributed by atoms with Gasteiger partial charge in [0.25, 0.3) is 0 Å². The lowest BCUT2D eigenvalue weighted by atomic mass is 10.2. The molecule has 128 valence electrons. The molecule has 1 N–H and O–H groups in total. The Morgan fingerprint density at radius 1 is 1.08 bits per heavy atom. The van der Waals surface area contributed by atoms with E-state index >= 15 is 0 Å². The second-order valence-electron chi connectivity index (χ2n) is 5.56. The second kappa shape index (κ2) is 9.60. The average Bonchev–Trinajstić information content (AvgIpc) is 2.62. The topological polar surface area (TPSA) is 41.6 Å². The predicted octanol–water partition coefficient (Wildman–Crippen LogP) is 4.33. The number of carbonyl (C=O) groups is 1. The first-order valence-electron chi connectivity index (χ1n) is 8.56. The Bertz CT molecular complexity index is 629. The van der Waals surface area contributed by atoms with E-state index in [1.807, 2.05) is 61.5 Å². The smallest absolute Gasteiger partial charge is 0.246 e. The van der Waals surface area contributed by atoms with Crippen molar-refractivity contribution in [3.05, 3.63) is 54.6 Å². The number of nitrogens with zero attached hydrogens (tertiary/aromatic N) is 1. The molecule has 4 heteroatoms. The molecule has 0 saturated heterocycles. The Hall–Kier alpha value is -2.49. The monoisotopic (exact) mass is 326 g/mol. The van der Waals surface area contributed by atoms with Crippen molar-refractivity contribution in [2.75, 3.05) is 29.9 Å². The van der Waals surface area contributed by atoms with Crippen LogP contribution in [-0.2, 0) is 4.79 Å². The maximum atomic E-state index is 12.5. The van der Waals surface area contributed by atoms with E-state index in [4.69, 9.17) is 4.74 Å².